The maximum Gasteiger partial charge on any atom is 0.319 e. The topological polar surface area (TPSA) is 77.2 Å². The molecule has 0 amide bonds. The van der Waals surface area contributed by atoms with E-state index in [-0.39, 0.29) is 11.2 Å². The molecule has 0 aliphatic carbocycles. The number of thioether (sulfide) groups is 1. The van der Waals surface area contributed by atoms with Crippen LogP contribution in [-0.4, -0.2) is 28.0 Å². The summed E-state index contributed by atoms with van der Waals surface area (Å²) in [5.74, 6) is 0.675. The van der Waals surface area contributed by atoms with Crippen LogP contribution in [-0.2, 0) is 16.1 Å². The van der Waals surface area contributed by atoms with Gasteiger partial charge in [0.15, 0.2) is 4.34 Å². The third-order valence-corrected chi connectivity index (χ3v) is 4.74. The van der Waals surface area contributed by atoms with Crippen LogP contribution >= 0.6 is 23.1 Å². The monoisotopic (exact) mass is 297 g/mol. The van der Waals surface area contributed by atoms with Crippen molar-refractivity contribution in [2.45, 2.75) is 22.6 Å². The number of hydrogen-bond acceptors (Lipinski definition) is 8. The van der Waals surface area contributed by atoms with Gasteiger partial charge >= 0.3 is 5.97 Å². The van der Waals surface area contributed by atoms with Gasteiger partial charge in [0.2, 0.25) is 5.13 Å². The molecule has 0 saturated carbocycles. The molecule has 0 spiro atoms. The van der Waals surface area contributed by atoms with Crippen molar-refractivity contribution >= 4 is 34.2 Å². The van der Waals surface area contributed by atoms with E-state index in [9.17, 15) is 4.79 Å². The second kappa shape index (κ2) is 5.62. The van der Waals surface area contributed by atoms with Crippen molar-refractivity contribution in [2.75, 3.05) is 11.9 Å². The number of furan rings is 1. The molecular formula is C11H11N3O3S2. The molecule has 6 nitrogen and oxygen atoms in total. The largest absolute Gasteiger partial charge is 0.467 e. The van der Waals surface area contributed by atoms with Crippen LogP contribution in [0.25, 0.3) is 0 Å². The van der Waals surface area contributed by atoms with Gasteiger partial charge in [-0.15, -0.1) is 10.2 Å². The number of rotatable bonds is 5. The van der Waals surface area contributed by atoms with E-state index in [0.717, 1.165) is 16.5 Å². The van der Waals surface area contributed by atoms with E-state index in [1.54, 1.807) is 6.26 Å². The van der Waals surface area contributed by atoms with Gasteiger partial charge in [-0.05, 0) is 12.1 Å². The van der Waals surface area contributed by atoms with E-state index in [1.807, 2.05) is 12.1 Å². The molecule has 2 aromatic heterocycles. The van der Waals surface area contributed by atoms with Gasteiger partial charge in [-0.25, -0.2) is 0 Å². The number of anilines is 1. The van der Waals surface area contributed by atoms with Crippen LogP contribution in [0.5, 0.6) is 0 Å². The quantitative estimate of drug-likeness (QED) is 0.847. The highest BCUT2D eigenvalue weighted by Gasteiger charge is 2.28. The maximum atomic E-state index is 11.4. The summed E-state index contributed by atoms with van der Waals surface area (Å²) >= 11 is 2.83. The Hall–Kier alpha value is -1.54. The molecule has 19 heavy (non-hydrogen) atoms. The molecule has 3 rings (SSSR count). The maximum absolute atomic E-state index is 11.4. The van der Waals surface area contributed by atoms with E-state index >= 15 is 0 Å². The van der Waals surface area contributed by atoms with Crippen LogP contribution < -0.4 is 5.32 Å². The highest BCUT2D eigenvalue weighted by molar-refractivity contribution is 8.02. The Labute approximate surface area is 117 Å². The molecule has 2 aromatic rings. The van der Waals surface area contributed by atoms with Gasteiger partial charge in [0.05, 0.1) is 19.4 Å². The first kappa shape index (κ1) is 12.5. The van der Waals surface area contributed by atoms with E-state index in [0.29, 0.717) is 18.3 Å². The average Bonchev–Trinajstić information content (AvgIpc) is 3.12. The first-order valence-corrected chi connectivity index (χ1v) is 7.44. The number of carbonyl (C=O) groups is 1. The summed E-state index contributed by atoms with van der Waals surface area (Å²) in [6.07, 6.45) is 2.36. The lowest BCUT2D eigenvalue weighted by Crippen LogP contribution is -2.08. The highest BCUT2D eigenvalue weighted by atomic mass is 32.2. The van der Waals surface area contributed by atoms with E-state index in [1.165, 1.54) is 23.1 Å². The minimum Gasteiger partial charge on any atom is -0.467 e. The number of nitrogens with zero attached hydrogens (tertiary/aromatic N) is 2. The van der Waals surface area contributed by atoms with Crippen LogP contribution in [0.3, 0.4) is 0 Å². The molecular weight excluding hydrogens is 286 g/mol. The van der Waals surface area contributed by atoms with Crippen molar-refractivity contribution in [2.24, 2.45) is 0 Å². The summed E-state index contributed by atoms with van der Waals surface area (Å²) in [4.78, 5) is 11.4. The first-order valence-electron chi connectivity index (χ1n) is 5.74. The summed E-state index contributed by atoms with van der Waals surface area (Å²) < 4.78 is 10.9. The van der Waals surface area contributed by atoms with Gasteiger partial charge in [0.25, 0.3) is 0 Å². The van der Waals surface area contributed by atoms with E-state index in [2.05, 4.69) is 15.5 Å². The Kier molecular flexibility index (Phi) is 3.69. The third kappa shape index (κ3) is 3.07. The molecule has 0 radical (unpaired) electrons. The zero-order chi connectivity index (χ0) is 13.1. The van der Waals surface area contributed by atoms with Gasteiger partial charge in [-0.3, -0.25) is 4.79 Å². The van der Waals surface area contributed by atoms with Crippen LogP contribution in [0, 0.1) is 0 Å². The van der Waals surface area contributed by atoms with Crippen LogP contribution in [0.4, 0.5) is 5.13 Å². The Morgan fingerprint density at radius 1 is 1.53 bits per heavy atom. The van der Waals surface area contributed by atoms with Crippen molar-refractivity contribution in [1.29, 1.82) is 0 Å². The molecule has 1 fully saturated rings. The number of carbonyl (C=O) groups excluding carboxylic acids is 1. The molecule has 0 aromatic carbocycles. The number of ether oxygens (including phenoxy) is 1. The van der Waals surface area contributed by atoms with E-state index < -0.39 is 0 Å². The third-order valence-electron chi connectivity index (χ3n) is 2.53. The van der Waals surface area contributed by atoms with Crippen LogP contribution in [0.2, 0.25) is 0 Å². The summed E-state index contributed by atoms with van der Waals surface area (Å²) in [6.45, 7) is 1.07. The Bertz CT molecular complexity index is 555. The molecule has 100 valence electrons. The lowest BCUT2D eigenvalue weighted by molar-refractivity contribution is -0.137. The highest BCUT2D eigenvalue weighted by Crippen LogP contribution is 2.33. The average molecular weight is 297 g/mol. The fourth-order valence-corrected chi connectivity index (χ4v) is 3.57. The number of hydrogen-bond donors (Lipinski definition) is 1. The molecule has 1 aliphatic heterocycles. The van der Waals surface area contributed by atoms with Gasteiger partial charge in [-0.1, -0.05) is 23.1 Å². The minimum absolute atomic E-state index is 0.147. The van der Waals surface area contributed by atoms with Crippen LogP contribution in [0.15, 0.2) is 27.2 Å². The fraction of sp³-hybridized carbons (Fsp3) is 0.364. The number of cyclic esters (lactones) is 1. The second-order valence-corrected chi connectivity index (χ2v) is 6.30. The predicted molar refractivity (Wildman–Crippen MR) is 71.2 cm³/mol. The zero-order valence-corrected chi connectivity index (χ0v) is 11.5. The Balaban J connectivity index is 1.55. The van der Waals surface area contributed by atoms with Crippen molar-refractivity contribution in [3.63, 3.8) is 0 Å². The molecule has 0 bridgehead atoms. The van der Waals surface area contributed by atoms with Crippen molar-refractivity contribution in [3.05, 3.63) is 24.2 Å². The van der Waals surface area contributed by atoms with Crippen molar-refractivity contribution in [1.82, 2.24) is 10.2 Å². The van der Waals surface area contributed by atoms with Crippen molar-refractivity contribution in [3.8, 4) is 0 Å². The molecule has 1 atom stereocenters. The molecule has 8 heteroatoms. The standard InChI is InChI=1S/C11H11N3O3S2/c15-9-8(3-5-17-9)18-11-14-13-10(19-11)12-6-7-2-1-4-16-7/h1-2,4,8H,3,5-6H2,(H,12,13)/t8-/m0/s1. The second-order valence-electron chi connectivity index (χ2n) is 3.87. The summed E-state index contributed by atoms with van der Waals surface area (Å²) in [6, 6.07) is 3.72. The SMILES string of the molecule is O=C1OCC[C@@H]1Sc1nnc(NCc2ccco2)s1. The molecule has 1 N–H and O–H groups in total. The summed E-state index contributed by atoms with van der Waals surface area (Å²) in [5.41, 5.74) is 0. The zero-order valence-electron chi connectivity index (χ0n) is 9.87. The Morgan fingerprint density at radius 3 is 3.21 bits per heavy atom. The minimum atomic E-state index is -0.162. The number of esters is 1. The van der Waals surface area contributed by atoms with Gasteiger partial charge in [-0.2, -0.15) is 0 Å². The van der Waals surface area contributed by atoms with Gasteiger partial charge in [0, 0.05) is 6.42 Å². The molecule has 1 saturated heterocycles. The fourth-order valence-electron chi connectivity index (χ4n) is 1.61. The predicted octanol–water partition coefficient (Wildman–Crippen LogP) is 2.15. The summed E-state index contributed by atoms with van der Waals surface area (Å²) in [7, 11) is 0. The number of aromatic nitrogens is 2. The number of nitrogens with one attached hydrogen (secondary N) is 1. The Morgan fingerprint density at radius 2 is 2.47 bits per heavy atom. The van der Waals surface area contributed by atoms with Crippen LogP contribution in [0.1, 0.15) is 12.2 Å². The smallest absolute Gasteiger partial charge is 0.319 e. The molecule has 0 unspecified atom stereocenters. The van der Waals surface area contributed by atoms with Crippen molar-refractivity contribution < 1.29 is 13.9 Å². The van der Waals surface area contributed by atoms with Gasteiger partial charge < -0.3 is 14.5 Å². The summed E-state index contributed by atoms with van der Waals surface area (Å²) in [5, 5.41) is 11.8. The molecule has 1 aliphatic rings. The lowest BCUT2D eigenvalue weighted by atomic mass is 10.4. The molecule has 3 heterocycles. The first-order chi connectivity index (χ1) is 9.31. The van der Waals surface area contributed by atoms with Gasteiger partial charge in [0.1, 0.15) is 11.0 Å². The normalized spacial score (nSPS) is 18.5. The van der Waals surface area contributed by atoms with E-state index in [4.69, 9.17) is 9.15 Å². The lowest BCUT2D eigenvalue weighted by Gasteiger charge is -1.99.